The molecule has 0 aliphatic carbocycles. The second-order valence-corrected chi connectivity index (χ2v) is 4.98. The summed E-state index contributed by atoms with van der Waals surface area (Å²) in [5.41, 5.74) is 6.80. The number of nitrogens with one attached hydrogen (secondary N) is 2. The minimum atomic E-state index is -0.383. The van der Waals surface area contributed by atoms with E-state index in [-0.39, 0.29) is 5.91 Å². The van der Waals surface area contributed by atoms with Gasteiger partial charge in [-0.05, 0) is 63.0 Å². The molecule has 1 aliphatic heterocycles. The predicted octanol–water partition coefficient (Wildman–Crippen LogP) is 1.59. The highest BCUT2D eigenvalue weighted by Gasteiger charge is 2.19. The third-order valence-electron chi connectivity index (χ3n) is 3.61. The van der Waals surface area contributed by atoms with Gasteiger partial charge in [0.25, 0.3) is 0 Å². The van der Waals surface area contributed by atoms with Gasteiger partial charge in [0.1, 0.15) is 0 Å². The van der Waals surface area contributed by atoms with E-state index in [0.717, 1.165) is 18.8 Å². The number of amides is 1. The van der Waals surface area contributed by atoms with Crippen molar-refractivity contribution >= 4 is 11.6 Å². The van der Waals surface area contributed by atoms with E-state index in [9.17, 15) is 4.79 Å². The van der Waals surface area contributed by atoms with Gasteiger partial charge >= 0.3 is 0 Å². The van der Waals surface area contributed by atoms with Gasteiger partial charge in [0.05, 0.1) is 0 Å². The number of benzene rings is 1. The quantitative estimate of drug-likeness (QED) is 0.757. The van der Waals surface area contributed by atoms with Crippen molar-refractivity contribution in [3.8, 4) is 0 Å². The van der Waals surface area contributed by atoms with Crippen LogP contribution < -0.4 is 16.4 Å². The number of hydrogen-bond donors (Lipinski definition) is 3. The van der Waals surface area contributed by atoms with Crippen molar-refractivity contribution in [2.75, 3.05) is 18.4 Å². The highest BCUT2D eigenvalue weighted by atomic mass is 16.1. The molecule has 1 aromatic rings. The van der Waals surface area contributed by atoms with Crippen LogP contribution in [0.25, 0.3) is 0 Å². The molecule has 98 valence electrons. The summed E-state index contributed by atoms with van der Waals surface area (Å²) in [7, 11) is 0. The number of piperidine rings is 1. The summed E-state index contributed by atoms with van der Waals surface area (Å²) in [4.78, 5) is 11.0. The van der Waals surface area contributed by atoms with Crippen molar-refractivity contribution in [3.05, 3.63) is 29.8 Å². The summed E-state index contributed by atoms with van der Waals surface area (Å²) >= 11 is 0. The number of carbonyl (C=O) groups excluding carboxylic acids is 1. The fourth-order valence-electron chi connectivity index (χ4n) is 2.42. The highest BCUT2D eigenvalue weighted by Crippen LogP contribution is 2.19. The molecule has 2 atom stereocenters. The lowest BCUT2D eigenvalue weighted by Crippen LogP contribution is -2.38. The van der Waals surface area contributed by atoms with Crippen LogP contribution in [-0.4, -0.2) is 25.0 Å². The van der Waals surface area contributed by atoms with Gasteiger partial charge in [-0.3, -0.25) is 4.79 Å². The summed E-state index contributed by atoms with van der Waals surface area (Å²) < 4.78 is 0. The van der Waals surface area contributed by atoms with Crippen LogP contribution in [-0.2, 0) is 0 Å². The first kappa shape index (κ1) is 12.9. The van der Waals surface area contributed by atoms with Crippen molar-refractivity contribution in [1.29, 1.82) is 0 Å². The molecule has 2 unspecified atom stereocenters. The molecule has 0 bridgehead atoms. The van der Waals surface area contributed by atoms with Gasteiger partial charge in [0.2, 0.25) is 5.91 Å². The van der Waals surface area contributed by atoms with E-state index in [2.05, 4.69) is 17.6 Å². The summed E-state index contributed by atoms with van der Waals surface area (Å²) in [6.45, 7) is 4.42. The topological polar surface area (TPSA) is 67.1 Å². The SMILES string of the molecule is CC(Nc1ccc(C(N)=O)cc1)C1CCCNC1. The van der Waals surface area contributed by atoms with Crippen molar-refractivity contribution in [3.63, 3.8) is 0 Å². The maximum atomic E-state index is 11.0. The smallest absolute Gasteiger partial charge is 0.248 e. The predicted molar refractivity (Wildman–Crippen MR) is 73.6 cm³/mol. The zero-order valence-electron chi connectivity index (χ0n) is 10.8. The van der Waals surface area contributed by atoms with Gasteiger partial charge in [-0.2, -0.15) is 0 Å². The van der Waals surface area contributed by atoms with Crippen molar-refractivity contribution < 1.29 is 4.79 Å². The lowest BCUT2D eigenvalue weighted by molar-refractivity contribution is 0.100. The molecule has 1 amide bonds. The molecular formula is C14H21N3O. The van der Waals surface area contributed by atoms with E-state index >= 15 is 0 Å². The summed E-state index contributed by atoms with van der Waals surface area (Å²) in [5.74, 6) is 0.278. The Morgan fingerprint density at radius 1 is 1.44 bits per heavy atom. The normalized spacial score (nSPS) is 21.3. The molecule has 1 aromatic carbocycles. The van der Waals surface area contributed by atoms with Crippen molar-refractivity contribution in [1.82, 2.24) is 5.32 Å². The van der Waals surface area contributed by atoms with Crippen LogP contribution in [0.2, 0.25) is 0 Å². The molecule has 0 spiro atoms. The van der Waals surface area contributed by atoms with E-state index in [0.29, 0.717) is 17.5 Å². The van der Waals surface area contributed by atoms with Crippen LogP contribution in [0.3, 0.4) is 0 Å². The molecule has 1 fully saturated rings. The molecule has 1 aliphatic rings. The Morgan fingerprint density at radius 2 is 2.17 bits per heavy atom. The third kappa shape index (κ3) is 3.23. The third-order valence-corrected chi connectivity index (χ3v) is 3.61. The fraction of sp³-hybridized carbons (Fsp3) is 0.500. The first-order chi connectivity index (χ1) is 8.66. The lowest BCUT2D eigenvalue weighted by atomic mass is 9.92. The Kier molecular flexibility index (Phi) is 4.20. The van der Waals surface area contributed by atoms with E-state index in [1.54, 1.807) is 12.1 Å². The maximum absolute atomic E-state index is 11.0. The summed E-state index contributed by atoms with van der Waals surface area (Å²) in [6.07, 6.45) is 2.51. The average Bonchev–Trinajstić information content (AvgIpc) is 2.40. The fourth-order valence-corrected chi connectivity index (χ4v) is 2.42. The number of nitrogens with two attached hydrogens (primary N) is 1. The monoisotopic (exact) mass is 247 g/mol. The first-order valence-corrected chi connectivity index (χ1v) is 6.54. The zero-order valence-corrected chi connectivity index (χ0v) is 10.8. The van der Waals surface area contributed by atoms with Gasteiger partial charge in [-0.15, -0.1) is 0 Å². The van der Waals surface area contributed by atoms with Gasteiger partial charge in [0, 0.05) is 17.3 Å². The van der Waals surface area contributed by atoms with Gasteiger partial charge in [-0.1, -0.05) is 0 Å². The van der Waals surface area contributed by atoms with E-state index in [1.807, 2.05) is 12.1 Å². The van der Waals surface area contributed by atoms with Gasteiger partial charge in [-0.25, -0.2) is 0 Å². The van der Waals surface area contributed by atoms with Crippen LogP contribution in [0.4, 0.5) is 5.69 Å². The number of carbonyl (C=O) groups is 1. The maximum Gasteiger partial charge on any atom is 0.248 e. The Balaban J connectivity index is 1.93. The van der Waals surface area contributed by atoms with Crippen LogP contribution in [0.5, 0.6) is 0 Å². The minimum absolute atomic E-state index is 0.383. The zero-order chi connectivity index (χ0) is 13.0. The second kappa shape index (κ2) is 5.87. The molecule has 0 radical (unpaired) electrons. The molecule has 4 nitrogen and oxygen atoms in total. The van der Waals surface area contributed by atoms with Crippen LogP contribution in [0, 0.1) is 5.92 Å². The molecule has 0 saturated carbocycles. The van der Waals surface area contributed by atoms with E-state index < -0.39 is 0 Å². The van der Waals surface area contributed by atoms with E-state index in [1.165, 1.54) is 12.8 Å². The number of hydrogen-bond acceptors (Lipinski definition) is 3. The highest BCUT2D eigenvalue weighted by molar-refractivity contribution is 5.93. The minimum Gasteiger partial charge on any atom is -0.382 e. The van der Waals surface area contributed by atoms with Crippen LogP contribution in [0.1, 0.15) is 30.1 Å². The Morgan fingerprint density at radius 3 is 2.72 bits per heavy atom. The first-order valence-electron chi connectivity index (χ1n) is 6.54. The van der Waals surface area contributed by atoms with Crippen molar-refractivity contribution in [2.24, 2.45) is 11.7 Å². The van der Waals surface area contributed by atoms with Gasteiger partial charge < -0.3 is 16.4 Å². The standard InChI is InChI=1S/C14H21N3O/c1-10(12-3-2-8-16-9-12)17-13-6-4-11(5-7-13)14(15)18/h4-7,10,12,16-17H,2-3,8-9H2,1H3,(H2,15,18). The average molecular weight is 247 g/mol. The molecule has 4 heteroatoms. The number of primary amides is 1. The lowest BCUT2D eigenvalue weighted by Gasteiger charge is -2.29. The second-order valence-electron chi connectivity index (χ2n) is 4.98. The molecule has 1 heterocycles. The Labute approximate surface area is 108 Å². The summed E-state index contributed by atoms with van der Waals surface area (Å²) in [6, 6.07) is 7.77. The molecule has 4 N–H and O–H groups in total. The molecule has 2 rings (SSSR count). The van der Waals surface area contributed by atoms with Crippen LogP contribution in [0.15, 0.2) is 24.3 Å². The van der Waals surface area contributed by atoms with Crippen LogP contribution >= 0.6 is 0 Å². The number of rotatable bonds is 4. The largest absolute Gasteiger partial charge is 0.382 e. The Hall–Kier alpha value is -1.55. The molecule has 0 aromatic heterocycles. The Bertz CT molecular complexity index is 396. The molecule has 1 saturated heterocycles. The molecular weight excluding hydrogens is 226 g/mol. The van der Waals surface area contributed by atoms with E-state index in [4.69, 9.17) is 5.73 Å². The van der Waals surface area contributed by atoms with Crippen molar-refractivity contribution in [2.45, 2.75) is 25.8 Å². The van der Waals surface area contributed by atoms with Gasteiger partial charge in [0.15, 0.2) is 0 Å². The summed E-state index contributed by atoms with van der Waals surface area (Å²) in [5, 5.41) is 6.91. The number of anilines is 1. The molecule has 18 heavy (non-hydrogen) atoms.